The third-order valence-electron chi connectivity index (χ3n) is 4.09. The standard InChI is InChI=1S/C11H20O4/c1-11(2)7(5-12)4-8(11)9-6-14-10(13-3)15-9/h7-10,12H,4-6H2,1-3H3/t7-,8+,9+,10?/m0/s1. The largest absolute Gasteiger partial charge is 0.396 e. The molecule has 1 saturated carbocycles. The first-order chi connectivity index (χ1) is 7.09. The van der Waals surface area contributed by atoms with Gasteiger partial charge in [-0.05, 0) is 23.7 Å². The van der Waals surface area contributed by atoms with Gasteiger partial charge < -0.3 is 19.3 Å². The summed E-state index contributed by atoms with van der Waals surface area (Å²) in [5.74, 6) is 0.863. The summed E-state index contributed by atoms with van der Waals surface area (Å²) in [5, 5.41) is 9.18. The van der Waals surface area contributed by atoms with E-state index in [9.17, 15) is 5.11 Å². The normalized spacial score (nSPS) is 44.0. The van der Waals surface area contributed by atoms with Gasteiger partial charge in [-0.3, -0.25) is 0 Å². The molecule has 0 aromatic rings. The molecule has 1 unspecified atom stereocenters. The third kappa shape index (κ3) is 1.80. The van der Waals surface area contributed by atoms with Crippen LogP contribution in [0.4, 0.5) is 0 Å². The number of hydrogen-bond acceptors (Lipinski definition) is 4. The van der Waals surface area contributed by atoms with E-state index in [1.54, 1.807) is 7.11 Å². The van der Waals surface area contributed by atoms with Crippen molar-refractivity contribution in [3.05, 3.63) is 0 Å². The maximum Gasteiger partial charge on any atom is 0.271 e. The lowest BCUT2D eigenvalue weighted by atomic mass is 9.53. The zero-order valence-electron chi connectivity index (χ0n) is 9.60. The lowest BCUT2D eigenvalue weighted by Gasteiger charge is -2.53. The molecule has 4 nitrogen and oxygen atoms in total. The van der Waals surface area contributed by atoms with Crippen molar-refractivity contribution in [2.24, 2.45) is 17.3 Å². The predicted molar refractivity (Wildman–Crippen MR) is 54.1 cm³/mol. The Morgan fingerprint density at radius 2 is 2.20 bits per heavy atom. The minimum absolute atomic E-state index is 0.118. The number of aliphatic hydroxyl groups is 1. The second-order valence-corrected chi connectivity index (χ2v) is 5.08. The second kappa shape index (κ2) is 4.01. The first-order valence-corrected chi connectivity index (χ1v) is 5.50. The van der Waals surface area contributed by atoms with Crippen molar-refractivity contribution in [3.8, 4) is 0 Å². The van der Waals surface area contributed by atoms with Gasteiger partial charge in [-0.1, -0.05) is 13.8 Å². The minimum atomic E-state index is -0.501. The Hall–Kier alpha value is -0.160. The maximum absolute atomic E-state index is 9.18. The number of rotatable bonds is 3. The van der Waals surface area contributed by atoms with E-state index in [4.69, 9.17) is 14.2 Å². The highest BCUT2D eigenvalue weighted by Crippen LogP contribution is 2.53. The van der Waals surface area contributed by atoms with E-state index in [0.717, 1.165) is 6.42 Å². The number of methoxy groups -OCH3 is 1. The smallest absolute Gasteiger partial charge is 0.271 e. The van der Waals surface area contributed by atoms with Crippen LogP contribution in [0.15, 0.2) is 0 Å². The Kier molecular flexibility index (Phi) is 3.03. The summed E-state index contributed by atoms with van der Waals surface area (Å²) < 4.78 is 15.9. The van der Waals surface area contributed by atoms with E-state index < -0.39 is 6.48 Å². The molecule has 0 bridgehead atoms. The molecular weight excluding hydrogens is 196 g/mol. The summed E-state index contributed by atoms with van der Waals surface area (Å²) in [6.45, 7) is 4.74. The van der Waals surface area contributed by atoms with Crippen molar-refractivity contribution in [3.63, 3.8) is 0 Å². The molecule has 1 heterocycles. The van der Waals surface area contributed by atoms with Crippen LogP contribution in [-0.2, 0) is 14.2 Å². The fraction of sp³-hybridized carbons (Fsp3) is 1.00. The zero-order chi connectivity index (χ0) is 11.1. The Morgan fingerprint density at radius 3 is 2.67 bits per heavy atom. The maximum atomic E-state index is 9.18. The van der Waals surface area contributed by atoms with Gasteiger partial charge in [-0.25, -0.2) is 0 Å². The Bertz CT molecular complexity index is 229. The fourth-order valence-corrected chi connectivity index (χ4v) is 2.73. The van der Waals surface area contributed by atoms with Gasteiger partial charge in [0.25, 0.3) is 6.48 Å². The molecule has 0 spiro atoms. The molecule has 1 saturated heterocycles. The van der Waals surface area contributed by atoms with E-state index in [-0.39, 0.29) is 18.1 Å². The summed E-state index contributed by atoms with van der Waals surface area (Å²) in [7, 11) is 1.58. The van der Waals surface area contributed by atoms with Crippen LogP contribution < -0.4 is 0 Å². The van der Waals surface area contributed by atoms with Crippen molar-refractivity contribution in [1.29, 1.82) is 0 Å². The van der Waals surface area contributed by atoms with Crippen LogP contribution in [0, 0.1) is 17.3 Å². The second-order valence-electron chi connectivity index (χ2n) is 5.08. The molecule has 0 amide bonds. The van der Waals surface area contributed by atoms with E-state index in [0.29, 0.717) is 18.4 Å². The summed E-state index contributed by atoms with van der Waals surface area (Å²) >= 11 is 0. The van der Waals surface area contributed by atoms with Gasteiger partial charge in [-0.2, -0.15) is 0 Å². The molecule has 2 rings (SSSR count). The average molecular weight is 216 g/mol. The van der Waals surface area contributed by atoms with Crippen molar-refractivity contribution in [1.82, 2.24) is 0 Å². The molecule has 1 N–H and O–H groups in total. The molecule has 1 aliphatic carbocycles. The van der Waals surface area contributed by atoms with E-state index in [2.05, 4.69) is 13.8 Å². The van der Waals surface area contributed by atoms with Gasteiger partial charge in [0.15, 0.2) is 0 Å². The predicted octanol–water partition coefficient (Wildman–Crippen LogP) is 0.986. The van der Waals surface area contributed by atoms with Gasteiger partial charge >= 0.3 is 0 Å². The van der Waals surface area contributed by atoms with Crippen LogP contribution >= 0.6 is 0 Å². The molecule has 2 aliphatic rings. The van der Waals surface area contributed by atoms with Crippen LogP contribution in [0.3, 0.4) is 0 Å². The summed E-state index contributed by atoms with van der Waals surface area (Å²) in [6.07, 6.45) is 1.14. The SMILES string of the molecule is COC1OC[C@H]([C@H]2C[C@@H](CO)C2(C)C)O1. The fourth-order valence-electron chi connectivity index (χ4n) is 2.73. The van der Waals surface area contributed by atoms with Gasteiger partial charge in [0.05, 0.1) is 12.7 Å². The molecule has 0 aromatic heterocycles. The van der Waals surface area contributed by atoms with Crippen LogP contribution in [-0.4, -0.2) is 38.0 Å². The zero-order valence-corrected chi connectivity index (χ0v) is 9.60. The van der Waals surface area contributed by atoms with E-state index in [1.807, 2.05) is 0 Å². The lowest BCUT2D eigenvalue weighted by molar-refractivity contribution is -0.236. The van der Waals surface area contributed by atoms with Crippen LogP contribution in [0.5, 0.6) is 0 Å². The van der Waals surface area contributed by atoms with Crippen molar-refractivity contribution in [2.75, 3.05) is 20.3 Å². The van der Waals surface area contributed by atoms with Gasteiger partial charge in [0.1, 0.15) is 0 Å². The molecule has 0 aromatic carbocycles. The lowest BCUT2D eigenvalue weighted by Crippen LogP contribution is -2.52. The average Bonchev–Trinajstić information content (AvgIpc) is 2.65. The Balaban J connectivity index is 1.92. The van der Waals surface area contributed by atoms with Gasteiger partial charge in [0.2, 0.25) is 0 Å². The molecule has 15 heavy (non-hydrogen) atoms. The monoisotopic (exact) mass is 216 g/mol. The van der Waals surface area contributed by atoms with Crippen molar-refractivity contribution < 1.29 is 19.3 Å². The van der Waals surface area contributed by atoms with Crippen molar-refractivity contribution >= 4 is 0 Å². The number of ether oxygens (including phenoxy) is 3. The molecule has 0 radical (unpaired) electrons. The Morgan fingerprint density at radius 1 is 1.47 bits per heavy atom. The van der Waals surface area contributed by atoms with Crippen molar-refractivity contribution in [2.45, 2.75) is 32.8 Å². The summed E-state index contributed by atoms with van der Waals surface area (Å²) in [6, 6.07) is 0. The van der Waals surface area contributed by atoms with Gasteiger partial charge in [0, 0.05) is 13.7 Å². The Labute approximate surface area is 90.5 Å². The molecule has 2 fully saturated rings. The highest BCUT2D eigenvalue weighted by molar-refractivity contribution is 5.00. The summed E-state index contributed by atoms with van der Waals surface area (Å²) in [4.78, 5) is 0. The van der Waals surface area contributed by atoms with Crippen LogP contribution in [0.2, 0.25) is 0 Å². The quantitative estimate of drug-likeness (QED) is 0.764. The molecule has 4 heteroatoms. The first kappa shape index (κ1) is 11.3. The van der Waals surface area contributed by atoms with Gasteiger partial charge in [-0.15, -0.1) is 0 Å². The van der Waals surface area contributed by atoms with Crippen LogP contribution in [0.1, 0.15) is 20.3 Å². The topological polar surface area (TPSA) is 47.9 Å². The third-order valence-corrected chi connectivity index (χ3v) is 4.09. The molecule has 4 atom stereocenters. The number of aliphatic hydroxyl groups excluding tert-OH is 1. The first-order valence-electron chi connectivity index (χ1n) is 5.50. The van der Waals surface area contributed by atoms with Crippen LogP contribution in [0.25, 0.3) is 0 Å². The minimum Gasteiger partial charge on any atom is -0.396 e. The number of hydrogen-bond donors (Lipinski definition) is 1. The van der Waals surface area contributed by atoms with E-state index >= 15 is 0 Å². The van der Waals surface area contributed by atoms with E-state index in [1.165, 1.54) is 0 Å². The molecule has 88 valence electrons. The highest BCUT2D eigenvalue weighted by atomic mass is 16.9. The summed E-state index contributed by atoms with van der Waals surface area (Å²) in [5.41, 5.74) is 0.144. The molecule has 1 aliphatic heterocycles. The highest BCUT2D eigenvalue weighted by Gasteiger charge is 2.53. The molecular formula is C11H20O4.